The van der Waals surface area contributed by atoms with E-state index in [0.717, 1.165) is 24.9 Å². The number of carbonyl (C=O) groups is 2. The van der Waals surface area contributed by atoms with E-state index < -0.39 is 6.04 Å². The first-order valence-corrected chi connectivity index (χ1v) is 7.99. The number of benzene rings is 1. The summed E-state index contributed by atoms with van der Waals surface area (Å²) >= 11 is 1.16. The molecule has 0 unspecified atom stereocenters. The molecule has 0 saturated carbocycles. The average Bonchev–Trinajstić information content (AvgIpc) is 2.86. The van der Waals surface area contributed by atoms with E-state index in [0.29, 0.717) is 5.75 Å². The van der Waals surface area contributed by atoms with Crippen LogP contribution in [0.15, 0.2) is 30.3 Å². The van der Waals surface area contributed by atoms with E-state index in [1.165, 1.54) is 5.56 Å². The van der Waals surface area contributed by atoms with Crippen molar-refractivity contribution in [2.75, 3.05) is 19.3 Å². The highest BCUT2D eigenvalue weighted by molar-refractivity contribution is 8.14. The Hall–Kier alpha value is -1.53. The minimum atomic E-state index is -0.399. The number of likely N-dealkylation sites (N-methyl/N-ethyl adjacent to an activating group) is 1. The second-order valence-electron chi connectivity index (χ2n) is 5.39. The lowest BCUT2D eigenvalue weighted by Crippen LogP contribution is -2.48. The fraction of sp³-hybridized carbons (Fsp3) is 0.467. The third-order valence-corrected chi connectivity index (χ3v) is 4.14. The number of thioether (sulfide) groups is 1. The molecule has 1 aliphatic heterocycles. The molecular formula is C15H21N3O2S. The normalized spacial score (nSPS) is 19.4. The number of carbonyl (C=O) groups excluding carboxylic acids is 2. The summed E-state index contributed by atoms with van der Waals surface area (Å²) in [6.45, 7) is 3.58. The van der Waals surface area contributed by atoms with Gasteiger partial charge in [0.1, 0.15) is 6.04 Å². The van der Waals surface area contributed by atoms with E-state index >= 15 is 0 Å². The molecule has 1 saturated heterocycles. The Labute approximate surface area is 129 Å². The molecule has 2 N–H and O–H groups in total. The molecule has 2 atom stereocenters. The van der Waals surface area contributed by atoms with E-state index in [2.05, 4.69) is 27.7 Å². The number of rotatable bonds is 6. The van der Waals surface area contributed by atoms with Crippen LogP contribution in [0.2, 0.25) is 0 Å². The van der Waals surface area contributed by atoms with Crippen LogP contribution in [0.1, 0.15) is 12.5 Å². The van der Waals surface area contributed by atoms with Crippen molar-refractivity contribution in [3.63, 3.8) is 0 Å². The second-order valence-corrected chi connectivity index (χ2v) is 6.38. The number of nitrogens with one attached hydrogen (secondary N) is 2. The van der Waals surface area contributed by atoms with Crippen molar-refractivity contribution in [2.24, 2.45) is 0 Å². The zero-order valence-electron chi connectivity index (χ0n) is 12.3. The first-order valence-electron chi connectivity index (χ1n) is 7.00. The molecule has 114 valence electrons. The van der Waals surface area contributed by atoms with Crippen LogP contribution in [0.3, 0.4) is 0 Å². The Morgan fingerprint density at radius 2 is 2.19 bits per heavy atom. The van der Waals surface area contributed by atoms with Crippen molar-refractivity contribution >= 4 is 22.9 Å². The molecule has 6 heteroatoms. The molecule has 1 aromatic carbocycles. The number of amides is 2. The van der Waals surface area contributed by atoms with Crippen molar-refractivity contribution in [2.45, 2.75) is 25.6 Å². The summed E-state index contributed by atoms with van der Waals surface area (Å²) in [6.07, 6.45) is 0. The summed E-state index contributed by atoms with van der Waals surface area (Å²) in [5.74, 6) is 0.408. The summed E-state index contributed by atoms with van der Waals surface area (Å²) in [4.78, 5) is 25.2. The summed E-state index contributed by atoms with van der Waals surface area (Å²) in [6, 6.07) is 9.86. The fourth-order valence-electron chi connectivity index (χ4n) is 2.34. The number of hydrogen-bond donors (Lipinski definition) is 2. The molecular weight excluding hydrogens is 286 g/mol. The Kier molecular flexibility index (Phi) is 5.64. The van der Waals surface area contributed by atoms with Gasteiger partial charge in [0.15, 0.2) is 0 Å². The smallest absolute Gasteiger partial charge is 0.279 e. The minimum Gasteiger partial charge on any atom is -0.351 e. The zero-order valence-corrected chi connectivity index (χ0v) is 13.2. The molecule has 5 nitrogen and oxygen atoms in total. The van der Waals surface area contributed by atoms with Gasteiger partial charge < -0.3 is 15.5 Å². The number of hydrogen-bond acceptors (Lipinski definition) is 4. The molecule has 1 aromatic rings. The van der Waals surface area contributed by atoms with Gasteiger partial charge in [-0.25, -0.2) is 0 Å². The Morgan fingerprint density at radius 1 is 1.48 bits per heavy atom. The predicted octanol–water partition coefficient (Wildman–Crippen LogP) is 1.45. The van der Waals surface area contributed by atoms with E-state index in [1.807, 2.05) is 32.2 Å². The van der Waals surface area contributed by atoms with Crippen LogP contribution in [-0.2, 0) is 11.3 Å². The highest BCUT2D eigenvalue weighted by atomic mass is 32.2. The Balaban J connectivity index is 1.74. The van der Waals surface area contributed by atoms with Crippen molar-refractivity contribution < 1.29 is 9.59 Å². The molecule has 21 heavy (non-hydrogen) atoms. The maximum absolute atomic E-state index is 12.0. The largest absolute Gasteiger partial charge is 0.351 e. The average molecular weight is 307 g/mol. The van der Waals surface area contributed by atoms with Crippen molar-refractivity contribution in [3.05, 3.63) is 35.9 Å². The lowest BCUT2D eigenvalue weighted by Gasteiger charge is -2.23. The lowest BCUT2D eigenvalue weighted by molar-refractivity contribution is -0.123. The van der Waals surface area contributed by atoms with Crippen molar-refractivity contribution in [1.82, 2.24) is 15.5 Å². The minimum absolute atomic E-state index is 0.0358. The van der Waals surface area contributed by atoms with Gasteiger partial charge in [0, 0.05) is 24.9 Å². The van der Waals surface area contributed by atoms with Crippen LogP contribution < -0.4 is 10.6 Å². The van der Waals surface area contributed by atoms with E-state index in [9.17, 15) is 9.59 Å². The van der Waals surface area contributed by atoms with Crippen LogP contribution in [0, 0.1) is 0 Å². The van der Waals surface area contributed by atoms with Crippen LogP contribution in [0.25, 0.3) is 0 Å². The molecule has 1 heterocycles. The molecule has 0 spiro atoms. The van der Waals surface area contributed by atoms with Crippen LogP contribution >= 0.6 is 11.8 Å². The van der Waals surface area contributed by atoms with Gasteiger partial charge in [0.25, 0.3) is 5.24 Å². The second kappa shape index (κ2) is 7.47. The number of nitrogens with zero attached hydrogens (tertiary/aromatic N) is 1. The van der Waals surface area contributed by atoms with Gasteiger partial charge in [-0.3, -0.25) is 9.59 Å². The monoisotopic (exact) mass is 307 g/mol. The van der Waals surface area contributed by atoms with Gasteiger partial charge in [-0.1, -0.05) is 42.1 Å². The van der Waals surface area contributed by atoms with Crippen LogP contribution in [-0.4, -0.2) is 47.5 Å². The van der Waals surface area contributed by atoms with E-state index in [1.54, 1.807) is 0 Å². The molecule has 0 radical (unpaired) electrons. The van der Waals surface area contributed by atoms with Gasteiger partial charge >= 0.3 is 0 Å². The molecule has 0 aromatic heterocycles. The third-order valence-electron chi connectivity index (χ3n) is 3.26. The summed E-state index contributed by atoms with van der Waals surface area (Å²) in [5.41, 5.74) is 1.25. The Morgan fingerprint density at radius 3 is 2.81 bits per heavy atom. The molecule has 1 fully saturated rings. The van der Waals surface area contributed by atoms with Gasteiger partial charge in [-0.05, 0) is 19.5 Å². The van der Waals surface area contributed by atoms with E-state index in [-0.39, 0.29) is 17.2 Å². The summed E-state index contributed by atoms with van der Waals surface area (Å²) in [5, 5.41) is 5.48. The summed E-state index contributed by atoms with van der Waals surface area (Å²) < 4.78 is 0. The van der Waals surface area contributed by atoms with E-state index in [4.69, 9.17) is 0 Å². The summed E-state index contributed by atoms with van der Waals surface area (Å²) in [7, 11) is 2.03. The van der Waals surface area contributed by atoms with Crippen LogP contribution in [0.5, 0.6) is 0 Å². The lowest BCUT2D eigenvalue weighted by atomic mass is 10.2. The first-order chi connectivity index (χ1) is 10.0. The Bertz CT molecular complexity index is 495. The van der Waals surface area contributed by atoms with Gasteiger partial charge in [0.05, 0.1) is 0 Å². The fourth-order valence-corrected chi connectivity index (χ4v) is 3.12. The highest BCUT2D eigenvalue weighted by Crippen LogP contribution is 2.13. The SMILES string of the molecule is C[C@@H](CN(C)Cc1ccccc1)NC(=O)[C@@H]1CSC(=O)N1. The topological polar surface area (TPSA) is 61.4 Å². The van der Waals surface area contributed by atoms with Gasteiger partial charge in [-0.15, -0.1) is 0 Å². The maximum Gasteiger partial charge on any atom is 0.279 e. The molecule has 1 aliphatic rings. The standard InChI is InChI=1S/C15H21N3O2S/c1-11(16-14(19)13-10-21-15(20)17-13)8-18(2)9-12-6-4-3-5-7-12/h3-7,11,13H,8-10H2,1-2H3,(H,16,19)(H,17,20)/t11-,13-/m0/s1. The molecule has 0 bridgehead atoms. The molecule has 0 aliphatic carbocycles. The van der Waals surface area contributed by atoms with Gasteiger partial charge in [0.2, 0.25) is 5.91 Å². The van der Waals surface area contributed by atoms with Crippen molar-refractivity contribution in [1.29, 1.82) is 0 Å². The maximum atomic E-state index is 12.0. The first kappa shape index (κ1) is 15.9. The van der Waals surface area contributed by atoms with Crippen LogP contribution in [0.4, 0.5) is 4.79 Å². The quantitative estimate of drug-likeness (QED) is 0.835. The predicted molar refractivity (Wildman–Crippen MR) is 85.2 cm³/mol. The van der Waals surface area contributed by atoms with Crippen molar-refractivity contribution in [3.8, 4) is 0 Å². The molecule has 2 amide bonds. The molecule has 2 rings (SSSR count). The third kappa shape index (κ3) is 5.06. The highest BCUT2D eigenvalue weighted by Gasteiger charge is 2.28. The zero-order chi connectivity index (χ0) is 15.2. The van der Waals surface area contributed by atoms with Gasteiger partial charge in [-0.2, -0.15) is 0 Å².